The fourth-order valence-corrected chi connectivity index (χ4v) is 3.48. The number of nitrogens with zero attached hydrogens (tertiary/aromatic N) is 3. The summed E-state index contributed by atoms with van der Waals surface area (Å²) in [5.74, 6) is 0.852. The third kappa shape index (κ3) is 3.96. The van der Waals surface area contributed by atoms with Crippen molar-refractivity contribution in [3.05, 3.63) is 76.0 Å². The average Bonchev–Trinajstić information content (AvgIpc) is 3.00. The monoisotopic (exact) mass is 424 g/mol. The summed E-state index contributed by atoms with van der Waals surface area (Å²) in [6, 6.07) is 17.5. The zero-order valence-corrected chi connectivity index (χ0v) is 18.3. The molecule has 0 aliphatic heterocycles. The van der Waals surface area contributed by atoms with Crippen LogP contribution in [0.4, 0.5) is 11.5 Å². The van der Waals surface area contributed by atoms with Crippen molar-refractivity contribution in [3.63, 3.8) is 0 Å². The van der Waals surface area contributed by atoms with Gasteiger partial charge in [0.15, 0.2) is 5.65 Å². The van der Waals surface area contributed by atoms with E-state index in [0.29, 0.717) is 10.0 Å². The number of rotatable bonds is 3. The maximum absolute atomic E-state index is 6.09. The van der Waals surface area contributed by atoms with E-state index in [4.69, 9.17) is 33.3 Å². The topological polar surface area (TPSA) is 42.2 Å². The predicted octanol–water partition coefficient (Wildman–Crippen LogP) is 7.05. The van der Waals surface area contributed by atoms with E-state index in [1.54, 1.807) is 0 Å². The Morgan fingerprint density at radius 1 is 0.897 bits per heavy atom. The summed E-state index contributed by atoms with van der Waals surface area (Å²) in [6.07, 6.45) is 0. The summed E-state index contributed by atoms with van der Waals surface area (Å²) in [5, 5.41) is 9.65. The third-order valence-corrected chi connectivity index (χ3v) is 5.29. The van der Waals surface area contributed by atoms with Gasteiger partial charge in [0.25, 0.3) is 0 Å². The van der Waals surface area contributed by atoms with Crippen LogP contribution < -0.4 is 5.32 Å². The lowest BCUT2D eigenvalue weighted by molar-refractivity contribution is 0.569. The Kier molecular flexibility index (Phi) is 5.01. The highest BCUT2D eigenvalue weighted by atomic mass is 35.5. The second-order valence-electron chi connectivity index (χ2n) is 8.11. The third-order valence-electron chi connectivity index (χ3n) is 4.78. The number of nitrogens with one attached hydrogen (secondary N) is 1. The normalized spacial score (nSPS) is 11.8. The number of hydrogen-bond donors (Lipinski definition) is 1. The number of halogens is 2. The van der Waals surface area contributed by atoms with Crippen LogP contribution in [-0.2, 0) is 5.41 Å². The molecule has 0 aliphatic carbocycles. The maximum atomic E-state index is 6.09. The van der Waals surface area contributed by atoms with Gasteiger partial charge in [-0.05, 0) is 48.9 Å². The van der Waals surface area contributed by atoms with Gasteiger partial charge < -0.3 is 5.32 Å². The molecular weight excluding hydrogens is 403 g/mol. The van der Waals surface area contributed by atoms with Crippen LogP contribution in [0, 0.1) is 6.92 Å². The Balaban J connectivity index is 1.94. The quantitative estimate of drug-likeness (QED) is 0.382. The largest absolute Gasteiger partial charge is 0.340 e. The first-order chi connectivity index (χ1) is 13.7. The van der Waals surface area contributed by atoms with Crippen LogP contribution in [0.3, 0.4) is 0 Å². The zero-order chi connectivity index (χ0) is 20.8. The van der Waals surface area contributed by atoms with Gasteiger partial charge in [0, 0.05) is 32.8 Å². The maximum Gasteiger partial charge on any atom is 0.165 e. The van der Waals surface area contributed by atoms with Gasteiger partial charge in [0.1, 0.15) is 5.82 Å². The van der Waals surface area contributed by atoms with Crippen molar-refractivity contribution in [1.82, 2.24) is 14.6 Å². The van der Waals surface area contributed by atoms with E-state index >= 15 is 0 Å². The summed E-state index contributed by atoms with van der Waals surface area (Å²) >= 11 is 12.1. The molecule has 4 rings (SSSR count). The van der Waals surface area contributed by atoms with E-state index in [9.17, 15) is 0 Å². The van der Waals surface area contributed by atoms with Crippen molar-refractivity contribution in [3.8, 4) is 11.1 Å². The Morgan fingerprint density at radius 3 is 2.07 bits per heavy atom. The first-order valence-corrected chi connectivity index (χ1v) is 10.2. The van der Waals surface area contributed by atoms with Crippen molar-refractivity contribution in [2.24, 2.45) is 0 Å². The lowest BCUT2D eigenvalue weighted by atomic mass is 9.92. The Bertz CT molecular complexity index is 1170. The Morgan fingerprint density at radius 2 is 1.48 bits per heavy atom. The summed E-state index contributed by atoms with van der Waals surface area (Å²) in [6.45, 7) is 8.47. The predicted molar refractivity (Wildman–Crippen MR) is 122 cm³/mol. The summed E-state index contributed by atoms with van der Waals surface area (Å²) < 4.78 is 1.86. The second-order valence-corrected chi connectivity index (χ2v) is 8.98. The van der Waals surface area contributed by atoms with Gasteiger partial charge in [0.05, 0.1) is 11.4 Å². The molecule has 2 heterocycles. The number of aryl methyl sites for hydroxylation is 1. The smallest absolute Gasteiger partial charge is 0.165 e. The number of aromatic nitrogens is 3. The number of fused-ring (bicyclic) bond motifs is 1. The van der Waals surface area contributed by atoms with E-state index in [2.05, 4.69) is 32.2 Å². The molecule has 0 fully saturated rings. The van der Waals surface area contributed by atoms with Gasteiger partial charge in [-0.1, -0.05) is 56.1 Å². The Hall–Kier alpha value is -2.56. The number of benzene rings is 2. The summed E-state index contributed by atoms with van der Waals surface area (Å²) in [4.78, 5) is 4.99. The van der Waals surface area contributed by atoms with E-state index < -0.39 is 0 Å². The molecule has 2 aromatic heterocycles. The molecule has 0 saturated heterocycles. The van der Waals surface area contributed by atoms with Crippen LogP contribution in [0.5, 0.6) is 0 Å². The molecule has 4 nitrogen and oxygen atoms in total. The molecule has 29 heavy (non-hydrogen) atoms. The van der Waals surface area contributed by atoms with Gasteiger partial charge in [-0.2, -0.15) is 9.61 Å². The van der Waals surface area contributed by atoms with Gasteiger partial charge in [-0.25, -0.2) is 4.98 Å². The van der Waals surface area contributed by atoms with Crippen LogP contribution in [0.2, 0.25) is 10.0 Å². The summed E-state index contributed by atoms with van der Waals surface area (Å²) in [5.41, 5.74) is 5.57. The van der Waals surface area contributed by atoms with E-state index in [0.717, 1.165) is 39.7 Å². The van der Waals surface area contributed by atoms with E-state index in [-0.39, 0.29) is 5.41 Å². The minimum absolute atomic E-state index is 0.117. The van der Waals surface area contributed by atoms with Crippen molar-refractivity contribution < 1.29 is 0 Å². The van der Waals surface area contributed by atoms with Crippen LogP contribution in [0.1, 0.15) is 32.2 Å². The van der Waals surface area contributed by atoms with Gasteiger partial charge in [0.2, 0.25) is 0 Å². The molecule has 0 unspecified atom stereocenters. The number of anilines is 2. The highest BCUT2D eigenvalue weighted by Crippen LogP contribution is 2.33. The minimum atomic E-state index is -0.117. The lowest BCUT2D eigenvalue weighted by Gasteiger charge is -2.20. The minimum Gasteiger partial charge on any atom is -0.340 e. The molecule has 0 radical (unpaired) electrons. The SMILES string of the molecule is Cc1nn2c(Nc3ccc(Cl)cc3)cc(C(C)(C)C)nc2c1-c1ccc(Cl)cc1. The fraction of sp³-hybridized carbons (Fsp3) is 0.217. The van der Waals surface area contributed by atoms with Crippen molar-refractivity contribution >= 4 is 40.4 Å². The fourth-order valence-electron chi connectivity index (χ4n) is 3.23. The second kappa shape index (κ2) is 7.36. The highest BCUT2D eigenvalue weighted by Gasteiger charge is 2.22. The Labute approximate surface area is 180 Å². The molecule has 0 atom stereocenters. The molecule has 1 N–H and O–H groups in total. The highest BCUT2D eigenvalue weighted by molar-refractivity contribution is 6.30. The summed E-state index contributed by atoms with van der Waals surface area (Å²) in [7, 11) is 0. The van der Waals surface area contributed by atoms with E-state index in [1.807, 2.05) is 60.0 Å². The standard InChI is InChI=1S/C23H22Cl2N4/c1-14-21(15-5-7-16(24)8-6-15)22-27-19(23(2,3)4)13-20(29(22)28-14)26-18-11-9-17(25)10-12-18/h5-13,26H,1-4H3. The molecule has 0 amide bonds. The molecule has 6 heteroatoms. The molecule has 2 aromatic carbocycles. The molecule has 0 bridgehead atoms. The first kappa shape index (κ1) is 19.7. The number of hydrogen-bond acceptors (Lipinski definition) is 3. The first-order valence-electron chi connectivity index (χ1n) is 9.42. The molecule has 4 aromatic rings. The van der Waals surface area contributed by atoms with Gasteiger partial charge in [-0.3, -0.25) is 0 Å². The van der Waals surface area contributed by atoms with E-state index in [1.165, 1.54) is 0 Å². The van der Waals surface area contributed by atoms with Crippen LogP contribution in [0.15, 0.2) is 54.6 Å². The van der Waals surface area contributed by atoms with Crippen molar-refractivity contribution in [2.75, 3.05) is 5.32 Å². The molecule has 0 aliphatic rings. The van der Waals surface area contributed by atoms with Crippen LogP contribution >= 0.6 is 23.2 Å². The van der Waals surface area contributed by atoms with Crippen molar-refractivity contribution in [1.29, 1.82) is 0 Å². The lowest BCUT2D eigenvalue weighted by Crippen LogP contribution is -2.16. The molecule has 0 saturated carbocycles. The van der Waals surface area contributed by atoms with Crippen molar-refractivity contribution in [2.45, 2.75) is 33.1 Å². The van der Waals surface area contributed by atoms with Crippen LogP contribution in [-0.4, -0.2) is 14.6 Å². The van der Waals surface area contributed by atoms with Crippen LogP contribution in [0.25, 0.3) is 16.8 Å². The molecular formula is C23H22Cl2N4. The molecule has 0 spiro atoms. The molecule has 148 valence electrons. The zero-order valence-electron chi connectivity index (χ0n) is 16.8. The van der Waals surface area contributed by atoms with Gasteiger partial charge >= 0.3 is 0 Å². The average molecular weight is 425 g/mol. The van der Waals surface area contributed by atoms with Gasteiger partial charge in [-0.15, -0.1) is 0 Å².